The molecule has 8 heteroatoms. The van der Waals surface area contributed by atoms with Gasteiger partial charge < -0.3 is 24.9 Å². The van der Waals surface area contributed by atoms with E-state index >= 15 is 0 Å². The van der Waals surface area contributed by atoms with E-state index in [9.17, 15) is 24.6 Å². The number of nitrogens with zero attached hydrogens (tertiary/aromatic N) is 3. The summed E-state index contributed by atoms with van der Waals surface area (Å²) in [6, 6.07) is 24.4. The van der Waals surface area contributed by atoms with Crippen molar-refractivity contribution < 1.29 is 24.6 Å². The van der Waals surface area contributed by atoms with Crippen molar-refractivity contribution >= 4 is 29.1 Å². The van der Waals surface area contributed by atoms with E-state index in [1.54, 1.807) is 45.9 Å². The van der Waals surface area contributed by atoms with Crippen LogP contribution in [-0.2, 0) is 33.1 Å². The maximum absolute atomic E-state index is 13.8. The lowest BCUT2D eigenvalue weighted by Gasteiger charge is -2.31. The minimum Gasteiger partial charge on any atom is -0.395 e. The summed E-state index contributed by atoms with van der Waals surface area (Å²) in [4.78, 5) is 43.6. The van der Waals surface area contributed by atoms with Crippen molar-refractivity contribution in [3.63, 3.8) is 0 Å². The van der Waals surface area contributed by atoms with Crippen molar-refractivity contribution in [2.24, 2.45) is 5.92 Å². The molecule has 212 valence electrons. The molecule has 3 amide bonds. The van der Waals surface area contributed by atoms with Gasteiger partial charge in [-0.2, -0.15) is 0 Å². The fraction of sp³-hybridized carbons (Fsp3) is 0.303. The van der Waals surface area contributed by atoms with Crippen LogP contribution in [0.15, 0.2) is 91.0 Å². The van der Waals surface area contributed by atoms with Crippen LogP contribution in [-0.4, -0.2) is 52.5 Å². The smallest absolute Gasteiger partial charge is 0.264 e. The third-order valence-corrected chi connectivity index (χ3v) is 7.91. The first-order chi connectivity index (χ1) is 19.8. The molecule has 41 heavy (non-hydrogen) atoms. The van der Waals surface area contributed by atoms with E-state index in [1.165, 1.54) is 0 Å². The molecule has 0 saturated carbocycles. The summed E-state index contributed by atoms with van der Waals surface area (Å²) in [7, 11) is 0. The van der Waals surface area contributed by atoms with Crippen molar-refractivity contribution in [1.29, 1.82) is 0 Å². The Kier molecular flexibility index (Phi) is 8.33. The normalized spacial score (nSPS) is 18.9. The van der Waals surface area contributed by atoms with Crippen LogP contribution in [0.25, 0.3) is 0 Å². The lowest BCUT2D eigenvalue weighted by molar-refractivity contribution is -0.139. The molecule has 3 aromatic rings. The number of rotatable bonds is 11. The molecule has 0 unspecified atom stereocenters. The van der Waals surface area contributed by atoms with Crippen LogP contribution in [0.4, 0.5) is 11.4 Å². The number of aliphatic hydroxyl groups is 2. The number of hydrogen-bond donors (Lipinski definition) is 2. The summed E-state index contributed by atoms with van der Waals surface area (Å²) in [5.74, 6) is -1.12. The molecule has 5 rings (SSSR count). The van der Waals surface area contributed by atoms with Gasteiger partial charge >= 0.3 is 0 Å². The minimum atomic E-state index is -1.80. The highest BCUT2D eigenvalue weighted by Gasteiger charge is 2.52. The Balaban J connectivity index is 1.31. The molecule has 2 N–H and O–H groups in total. The lowest BCUT2D eigenvalue weighted by atomic mass is 9.83. The van der Waals surface area contributed by atoms with Gasteiger partial charge in [0.05, 0.1) is 18.8 Å². The predicted molar refractivity (Wildman–Crippen MR) is 157 cm³/mol. The average Bonchev–Trinajstić information content (AvgIpc) is 3.19. The van der Waals surface area contributed by atoms with Crippen LogP contribution in [0.5, 0.6) is 0 Å². The Morgan fingerprint density at radius 3 is 2.46 bits per heavy atom. The van der Waals surface area contributed by atoms with Crippen LogP contribution in [0.1, 0.15) is 36.5 Å². The zero-order valence-electron chi connectivity index (χ0n) is 23.1. The number of carbonyl (C=O) groups excluding carboxylic acids is 3. The lowest BCUT2D eigenvalue weighted by Crippen LogP contribution is -2.44. The number of fused-ring (bicyclic) bond motifs is 1. The Bertz CT molecular complexity index is 1460. The number of para-hydroxylation sites is 1. The first-order valence-corrected chi connectivity index (χ1v) is 13.9. The molecule has 1 fully saturated rings. The van der Waals surface area contributed by atoms with E-state index in [1.807, 2.05) is 66.7 Å². The molecule has 2 aliphatic heterocycles. The molecule has 0 bridgehead atoms. The van der Waals surface area contributed by atoms with Crippen molar-refractivity contribution in [3.05, 3.63) is 108 Å². The Morgan fingerprint density at radius 1 is 1.02 bits per heavy atom. The molecule has 0 radical (unpaired) electrons. The second-order valence-electron chi connectivity index (χ2n) is 10.6. The van der Waals surface area contributed by atoms with Crippen LogP contribution < -0.4 is 9.80 Å². The van der Waals surface area contributed by atoms with Crippen LogP contribution >= 0.6 is 0 Å². The van der Waals surface area contributed by atoms with Crippen molar-refractivity contribution in [2.45, 2.75) is 38.5 Å². The van der Waals surface area contributed by atoms with Gasteiger partial charge in [-0.15, -0.1) is 0 Å². The molecule has 2 aliphatic rings. The molecule has 0 aromatic heterocycles. The number of anilines is 2. The van der Waals surface area contributed by atoms with Gasteiger partial charge in [-0.05, 0) is 29.3 Å². The van der Waals surface area contributed by atoms with E-state index < -0.39 is 17.4 Å². The Hall–Kier alpha value is -4.27. The third kappa shape index (κ3) is 5.66. The summed E-state index contributed by atoms with van der Waals surface area (Å²) in [5.41, 5.74) is 1.99. The maximum Gasteiger partial charge on any atom is 0.264 e. The fourth-order valence-corrected chi connectivity index (χ4v) is 5.51. The van der Waals surface area contributed by atoms with Crippen LogP contribution in [0.2, 0.25) is 0 Å². The molecule has 1 saturated heterocycles. The van der Waals surface area contributed by atoms with E-state index in [-0.39, 0.29) is 37.9 Å². The number of hydrogen-bond acceptors (Lipinski definition) is 5. The van der Waals surface area contributed by atoms with Gasteiger partial charge in [-0.3, -0.25) is 14.4 Å². The van der Waals surface area contributed by atoms with E-state index in [2.05, 4.69) is 0 Å². The van der Waals surface area contributed by atoms with E-state index in [4.69, 9.17) is 0 Å². The molecule has 0 aliphatic carbocycles. The highest BCUT2D eigenvalue weighted by molar-refractivity contribution is 6.07. The van der Waals surface area contributed by atoms with Gasteiger partial charge in [0.15, 0.2) is 5.60 Å². The van der Waals surface area contributed by atoms with Gasteiger partial charge in [0.2, 0.25) is 11.8 Å². The third-order valence-electron chi connectivity index (χ3n) is 7.91. The number of aliphatic hydroxyl groups excluding tert-OH is 1. The number of β-lactam (4-membered cyclic amide) rings is 1. The summed E-state index contributed by atoms with van der Waals surface area (Å²) < 4.78 is 0. The summed E-state index contributed by atoms with van der Waals surface area (Å²) in [5, 5.41) is 21.4. The first kappa shape index (κ1) is 28.3. The molecule has 2 heterocycles. The van der Waals surface area contributed by atoms with Crippen molar-refractivity contribution in [2.75, 3.05) is 29.5 Å². The number of benzene rings is 3. The van der Waals surface area contributed by atoms with Gasteiger partial charge in [0.25, 0.3) is 5.91 Å². The molecule has 8 nitrogen and oxygen atoms in total. The zero-order valence-corrected chi connectivity index (χ0v) is 23.1. The summed E-state index contributed by atoms with van der Waals surface area (Å²) >= 11 is 0. The standard InChI is InChI=1S/C33H35N3O5/c1-24(9-7-16-30(38)34(19-20-37)22-25-10-3-2-4-11-25)33(41)28-14-5-6-15-29(28)36(32(33)40)23-26-12-8-13-27(21-26)35-18-17-31(35)39/h2-15,21,24,37,41H,16-20,22-23H2,1H3/b9-7+/t24-,33+/m1/s1. The maximum atomic E-state index is 13.8. The van der Waals surface area contributed by atoms with Crippen molar-refractivity contribution in [1.82, 2.24) is 4.90 Å². The molecule has 2 atom stereocenters. The minimum absolute atomic E-state index is 0.0782. The SMILES string of the molecule is C[C@H](/C=C/CC(=O)N(CCO)Cc1ccccc1)[C@@]1(O)C(=O)N(Cc2cccc(N3CCC3=O)c2)c2ccccc21. The second kappa shape index (κ2) is 12.1. The number of carbonyl (C=O) groups is 3. The summed E-state index contributed by atoms with van der Waals surface area (Å²) in [6.45, 7) is 3.17. The highest BCUT2D eigenvalue weighted by Crippen LogP contribution is 2.45. The predicted octanol–water partition coefficient (Wildman–Crippen LogP) is 3.76. The van der Waals surface area contributed by atoms with Gasteiger partial charge in [0.1, 0.15) is 0 Å². The van der Waals surface area contributed by atoms with Crippen molar-refractivity contribution in [3.8, 4) is 0 Å². The quantitative estimate of drug-likeness (QED) is 0.278. The van der Waals surface area contributed by atoms with Crippen LogP contribution in [0.3, 0.4) is 0 Å². The Morgan fingerprint density at radius 2 is 1.76 bits per heavy atom. The largest absolute Gasteiger partial charge is 0.395 e. The van der Waals surface area contributed by atoms with Crippen LogP contribution in [0, 0.1) is 5.92 Å². The zero-order chi connectivity index (χ0) is 29.0. The first-order valence-electron chi connectivity index (χ1n) is 13.9. The summed E-state index contributed by atoms with van der Waals surface area (Å²) in [6.07, 6.45) is 4.02. The van der Waals surface area contributed by atoms with Gasteiger partial charge in [-0.25, -0.2) is 0 Å². The van der Waals surface area contributed by atoms with Gasteiger partial charge in [-0.1, -0.05) is 79.7 Å². The monoisotopic (exact) mass is 553 g/mol. The average molecular weight is 554 g/mol. The molecular formula is C33H35N3O5. The molecule has 0 spiro atoms. The fourth-order valence-electron chi connectivity index (χ4n) is 5.51. The number of amides is 3. The topological polar surface area (TPSA) is 101 Å². The van der Waals surface area contributed by atoms with E-state index in [0.29, 0.717) is 30.8 Å². The Labute approximate surface area is 240 Å². The van der Waals surface area contributed by atoms with E-state index in [0.717, 1.165) is 16.8 Å². The molecular weight excluding hydrogens is 518 g/mol. The highest BCUT2D eigenvalue weighted by atomic mass is 16.3. The second-order valence-corrected chi connectivity index (χ2v) is 10.6. The van der Waals surface area contributed by atoms with Gasteiger partial charge in [0, 0.05) is 49.6 Å². The molecule has 3 aromatic carbocycles.